The molecule has 0 amide bonds. The predicted octanol–water partition coefficient (Wildman–Crippen LogP) is 1.48. The number of rotatable bonds is 2. The Balaban J connectivity index is 2.26. The van der Waals surface area contributed by atoms with E-state index in [0.717, 1.165) is 11.6 Å². The number of tetrazole rings is 1. The summed E-state index contributed by atoms with van der Waals surface area (Å²) in [5, 5.41) is 11.5. The van der Waals surface area contributed by atoms with Crippen molar-refractivity contribution >= 4 is 23.4 Å². The van der Waals surface area contributed by atoms with Crippen LogP contribution in [0.15, 0.2) is 0 Å². The first-order valence-corrected chi connectivity index (χ1v) is 5.64. The molecule has 1 unspecified atom stereocenters. The summed E-state index contributed by atoms with van der Waals surface area (Å²) in [6.07, 6.45) is 0. The molecule has 2 heterocycles. The molecule has 0 aliphatic carbocycles. The van der Waals surface area contributed by atoms with Gasteiger partial charge in [-0.05, 0) is 24.3 Å². The molecule has 6 heteroatoms. The van der Waals surface area contributed by atoms with Crippen LogP contribution in [0.1, 0.15) is 25.7 Å². The summed E-state index contributed by atoms with van der Waals surface area (Å²) in [7, 11) is 0. The Kier molecular flexibility index (Phi) is 2.23. The Morgan fingerprint density at radius 2 is 2.46 bits per heavy atom. The van der Waals surface area contributed by atoms with E-state index in [2.05, 4.69) is 29.4 Å². The molecular weight excluding hydrogens is 208 g/mol. The summed E-state index contributed by atoms with van der Waals surface area (Å²) >= 11 is 7.65. The monoisotopic (exact) mass is 218 g/mol. The van der Waals surface area contributed by atoms with Crippen LogP contribution in [0.4, 0.5) is 0 Å². The van der Waals surface area contributed by atoms with Gasteiger partial charge in [0.05, 0.1) is 11.9 Å². The smallest absolute Gasteiger partial charge is 0.166 e. The van der Waals surface area contributed by atoms with Crippen molar-refractivity contribution in [3.05, 3.63) is 5.82 Å². The molecule has 2 rings (SSSR count). The second-order valence-electron chi connectivity index (χ2n) is 3.60. The highest BCUT2D eigenvalue weighted by Crippen LogP contribution is 2.48. The molecule has 0 N–H and O–H groups in total. The lowest BCUT2D eigenvalue weighted by Gasteiger charge is -2.43. The van der Waals surface area contributed by atoms with Gasteiger partial charge in [0, 0.05) is 10.5 Å². The zero-order valence-electron chi connectivity index (χ0n) is 7.57. The Morgan fingerprint density at radius 3 is 2.92 bits per heavy atom. The average Bonchev–Trinajstić information content (AvgIpc) is 2.51. The third-order valence-electron chi connectivity index (χ3n) is 2.39. The van der Waals surface area contributed by atoms with Crippen molar-refractivity contribution in [3.8, 4) is 0 Å². The summed E-state index contributed by atoms with van der Waals surface area (Å²) < 4.78 is 2.08. The van der Waals surface area contributed by atoms with E-state index in [1.54, 1.807) is 0 Å². The fraction of sp³-hybridized carbons (Fsp3) is 0.857. The molecule has 1 aromatic heterocycles. The highest BCUT2D eigenvalue weighted by atomic mass is 35.5. The van der Waals surface area contributed by atoms with Crippen LogP contribution in [0.3, 0.4) is 0 Å². The number of halogens is 1. The lowest BCUT2D eigenvalue weighted by Crippen LogP contribution is -2.42. The van der Waals surface area contributed by atoms with Crippen molar-refractivity contribution in [2.75, 3.05) is 5.75 Å². The Labute approximate surface area is 86.0 Å². The summed E-state index contributed by atoms with van der Waals surface area (Å²) in [4.78, 5) is 0. The minimum Gasteiger partial charge on any atom is -0.223 e. The first kappa shape index (κ1) is 9.27. The molecule has 0 bridgehead atoms. The Hall–Kier alpha value is -0.290. The van der Waals surface area contributed by atoms with Crippen LogP contribution in [-0.4, -0.2) is 30.7 Å². The topological polar surface area (TPSA) is 43.6 Å². The van der Waals surface area contributed by atoms with Gasteiger partial charge in [-0.15, -0.1) is 16.7 Å². The normalized spacial score (nSPS) is 25.6. The largest absolute Gasteiger partial charge is 0.223 e. The second kappa shape index (κ2) is 3.13. The molecule has 1 aromatic rings. The van der Waals surface area contributed by atoms with Crippen LogP contribution >= 0.6 is 23.4 Å². The Morgan fingerprint density at radius 1 is 1.69 bits per heavy atom. The molecule has 1 fully saturated rings. The molecule has 0 spiro atoms. The van der Waals surface area contributed by atoms with Gasteiger partial charge in [-0.3, -0.25) is 0 Å². The van der Waals surface area contributed by atoms with Gasteiger partial charge in [0.1, 0.15) is 0 Å². The van der Waals surface area contributed by atoms with E-state index in [0.29, 0.717) is 11.9 Å². The third kappa shape index (κ3) is 1.44. The molecule has 1 aliphatic heterocycles. The van der Waals surface area contributed by atoms with E-state index >= 15 is 0 Å². The van der Waals surface area contributed by atoms with Crippen LogP contribution in [0.5, 0.6) is 0 Å². The molecule has 13 heavy (non-hydrogen) atoms. The van der Waals surface area contributed by atoms with E-state index in [4.69, 9.17) is 11.6 Å². The van der Waals surface area contributed by atoms with Gasteiger partial charge < -0.3 is 0 Å². The van der Waals surface area contributed by atoms with E-state index in [9.17, 15) is 0 Å². The molecule has 1 aliphatic rings. The highest BCUT2D eigenvalue weighted by molar-refractivity contribution is 8.02. The fourth-order valence-corrected chi connectivity index (χ4v) is 2.80. The first-order valence-electron chi connectivity index (χ1n) is 4.12. The fourth-order valence-electron chi connectivity index (χ4n) is 1.40. The van der Waals surface area contributed by atoms with Gasteiger partial charge in [-0.25, -0.2) is 4.68 Å². The lowest BCUT2D eigenvalue weighted by molar-refractivity contribution is 0.369. The average molecular weight is 219 g/mol. The molecule has 72 valence electrons. The van der Waals surface area contributed by atoms with E-state index < -0.39 is 0 Å². The molecule has 1 saturated heterocycles. The summed E-state index contributed by atoms with van der Waals surface area (Å²) in [5.74, 6) is 2.21. The van der Waals surface area contributed by atoms with Crippen molar-refractivity contribution in [2.45, 2.75) is 30.5 Å². The first-order chi connectivity index (χ1) is 6.15. The van der Waals surface area contributed by atoms with Crippen molar-refractivity contribution in [1.82, 2.24) is 20.2 Å². The third-order valence-corrected chi connectivity index (χ3v) is 4.13. The summed E-state index contributed by atoms with van der Waals surface area (Å²) in [6.45, 7) is 4.40. The number of hydrogen-bond acceptors (Lipinski definition) is 4. The molecule has 1 atom stereocenters. The van der Waals surface area contributed by atoms with Gasteiger partial charge in [0.15, 0.2) is 5.82 Å². The van der Waals surface area contributed by atoms with Gasteiger partial charge in [-0.1, -0.05) is 0 Å². The quantitative estimate of drug-likeness (QED) is 0.706. The SMILES string of the molecule is CC1(C)SCC1n1nnnc1CCl. The molecule has 4 nitrogen and oxygen atoms in total. The van der Waals surface area contributed by atoms with Crippen molar-refractivity contribution in [1.29, 1.82) is 0 Å². The summed E-state index contributed by atoms with van der Waals surface area (Å²) in [5.41, 5.74) is 0. The maximum Gasteiger partial charge on any atom is 0.166 e. The van der Waals surface area contributed by atoms with Crippen molar-refractivity contribution in [3.63, 3.8) is 0 Å². The van der Waals surface area contributed by atoms with Crippen LogP contribution in [0.2, 0.25) is 0 Å². The van der Waals surface area contributed by atoms with Crippen LogP contribution in [0.25, 0.3) is 0 Å². The predicted molar refractivity (Wildman–Crippen MR) is 52.9 cm³/mol. The second-order valence-corrected chi connectivity index (χ2v) is 5.55. The van der Waals surface area contributed by atoms with Gasteiger partial charge >= 0.3 is 0 Å². The van der Waals surface area contributed by atoms with Crippen LogP contribution in [0, 0.1) is 0 Å². The van der Waals surface area contributed by atoms with Gasteiger partial charge in [-0.2, -0.15) is 11.8 Å². The molecule has 0 radical (unpaired) electrons. The van der Waals surface area contributed by atoms with Crippen LogP contribution in [-0.2, 0) is 5.88 Å². The van der Waals surface area contributed by atoms with Gasteiger partial charge in [0.2, 0.25) is 0 Å². The number of aromatic nitrogens is 4. The minimum atomic E-state index is 0.232. The van der Waals surface area contributed by atoms with E-state index in [-0.39, 0.29) is 4.75 Å². The lowest BCUT2D eigenvalue weighted by atomic mass is 10.0. The molecule has 0 aromatic carbocycles. The van der Waals surface area contributed by atoms with E-state index in [1.165, 1.54) is 0 Å². The van der Waals surface area contributed by atoms with Gasteiger partial charge in [0.25, 0.3) is 0 Å². The minimum absolute atomic E-state index is 0.232. The summed E-state index contributed by atoms with van der Waals surface area (Å²) in [6, 6.07) is 0.390. The van der Waals surface area contributed by atoms with E-state index in [1.807, 2.05) is 16.4 Å². The van der Waals surface area contributed by atoms with Crippen molar-refractivity contribution in [2.24, 2.45) is 0 Å². The maximum atomic E-state index is 5.72. The highest BCUT2D eigenvalue weighted by Gasteiger charge is 2.42. The number of thioether (sulfide) groups is 1. The number of hydrogen-bond donors (Lipinski definition) is 0. The molecular formula is C7H11ClN4S. The zero-order chi connectivity index (χ0) is 9.47. The molecule has 0 saturated carbocycles. The maximum absolute atomic E-state index is 5.72. The standard InChI is InChI=1S/C7H11ClN4S/c1-7(2)5(4-13-7)12-6(3-8)9-10-11-12/h5H,3-4H2,1-2H3. The number of alkyl halides is 1. The Bertz CT molecular complexity index is 311. The zero-order valence-corrected chi connectivity index (χ0v) is 9.14. The van der Waals surface area contributed by atoms with Crippen LogP contribution < -0.4 is 0 Å². The number of nitrogens with zero attached hydrogens (tertiary/aromatic N) is 4. The van der Waals surface area contributed by atoms with Crippen molar-refractivity contribution < 1.29 is 0 Å².